The molecule has 0 fully saturated rings. The number of aryl methyl sites for hydroxylation is 1. The standard InChI is InChI=1S/C14H20FNO2/c1-9(2)13(8-18-4)16-14(17)11-5-6-12(15)10(3)7-11/h5-7,9,13H,8H2,1-4H3,(H,16,17). The van der Waals surface area contributed by atoms with Gasteiger partial charge in [-0.2, -0.15) is 0 Å². The molecule has 1 N–H and O–H groups in total. The second kappa shape index (κ2) is 6.50. The van der Waals surface area contributed by atoms with Gasteiger partial charge in [0.25, 0.3) is 5.91 Å². The minimum absolute atomic E-state index is 0.0483. The lowest BCUT2D eigenvalue weighted by molar-refractivity contribution is 0.0866. The van der Waals surface area contributed by atoms with E-state index in [1.54, 1.807) is 20.1 Å². The van der Waals surface area contributed by atoms with Crippen LogP contribution in [0.2, 0.25) is 0 Å². The van der Waals surface area contributed by atoms with Gasteiger partial charge in [0.2, 0.25) is 0 Å². The Morgan fingerprint density at radius 3 is 2.61 bits per heavy atom. The monoisotopic (exact) mass is 253 g/mol. The van der Waals surface area contributed by atoms with Crippen LogP contribution in [0, 0.1) is 18.7 Å². The highest BCUT2D eigenvalue weighted by Crippen LogP contribution is 2.10. The van der Waals surface area contributed by atoms with Crippen LogP contribution in [0.4, 0.5) is 4.39 Å². The first-order chi connectivity index (χ1) is 8.45. The lowest BCUT2D eigenvalue weighted by atomic mass is 10.0. The van der Waals surface area contributed by atoms with Crippen molar-refractivity contribution in [2.75, 3.05) is 13.7 Å². The summed E-state index contributed by atoms with van der Waals surface area (Å²) in [5.74, 6) is -0.229. The van der Waals surface area contributed by atoms with Crippen LogP contribution in [0.15, 0.2) is 18.2 Å². The summed E-state index contributed by atoms with van der Waals surface area (Å²) < 4.78 is 18.2. The normalized spacial score (nSPS) is 12.6. The van der Waals surface area contributed by atoms with Crippen LogP contribution in [0.5, 0.6) is 0 Å². The highest BCUT2D eigenvalue weighted by atomic mass is 19.1. The average molecular weight is 253 g/mol. The van der Waals surface area contributed by atoms with Gasteiger partial charge >= 0.3 is 0 Å². The van der Waals surface area contributed by atoms with Gasteiger partial charge in [0.15, 0.2) is 0 Å². The Morgan fingerprint density at radius 1 is 1.44 bits per heavy atom. The zero-order chi connectivity index (χ0) is 13.7. The van der Waals surface area contributed by atoms with Crippen LogP contribution in [0.1, 0.15) is 29.8 Å². The van der Waals surface area contributed by atoms with Crippen molar-refractivity contribution >= 4 is 5.91 Å². The first kappa shape index (κ1) is 14.6. The molecule has 100 valence electrons. The molecule has 0 spiro atoms. The van der Waals surface area contributed by atoms with E-state index in [1.165, 1.54) is 12.1 Å². The van der Waals surface area contributed by atoms with Crippen LogP contribution in [-0.4, -0.2) is 25.7 Å². The van der Waals surface area contributed by atoms with E-state index in [1.807, 2.05) is 13.8 Å². The Hall–Kier alpha value is -1.42. The maximum absolute atomic E-state index is 13.1. The molecule has 1 unspecified atom stereocenters. The number of amides is 1. The zero-order valence-corrected chi connectivity index (χ0v) is 11.3. The molecule has 0 saturated carbocycles. The molecular formula is C14H20FNO2. The number of hydrogen-bond donors (Lipinski definition) is 1. The highest BCUT2D eigenvalue weighted by Gasteiger charge is 2.17. The molecule has 1 atom stereocenters. The van der Waals surface area contributed by atoms with Gasteiger partial charge in [-0.05, 0) is 36.6 Å². The number of hydrogen-bond acceptors (Lipinski definition) is 2. The summed E-state index contributed by atoms with van der Waals surface area (Å²) in [5, 5.41) is 2.89. The van der Waals surface area contributed by atoms with E-state index in [9.17, 15) is 9.18 Å². The number of rotatable bonds is 5. The maximum Gasteiger partial charge on any atom is 0.251 e. The summed E-state index contributed by atoms with van der Waals surface area (Å²) >= 11 is 0. The molecular weight excluding hydrogens is 233 g/mol. The van der Waals surface area contributed by atoms with Crippen molar-refractivity contribution in [1.29, 1.82) is 0 Å². The Morgan fingerprint density at radius 2 is 2.11 bits per heavy atom. The molecule has 4 heteroatoms. The highest BCUT2D eigenvalue weighted by molar-refractivity contribution is 5.94. The van der Waals surface area contributed by atoms with Crippen molar-refractivity contribution in [1.82, 2.24) is 5.32 Å². The summed E-state index contributed by atoms with van der Waals surface area (Å²) in [5.41, 5.74) is 0.936. The second-order valence-electron chi connectivity index (χ2n) is 4.74. The SMILES string of the molecule is COCC(NC(=O)c1ccc(F)c(C)c1)C(C)C. The fourth-order valence-electron chi connectivity index (χ4n) is 1.62. The predicted molar refractivity (Wildman–Crippen MR) is 69.1 cm³/mol. The van der Waals surface area contributed by atoms with Crippen molar-refractivity contribution in [2.45, 2.75) is 26.8 Å². The van der Waals surface area contributed by atoms with Gasteiger partial charge in [0.05, 0.1) is 12.6 Å². The third kappa shape index (κ3) is 3.81. The summed E-state index contributed by atoms with van der Waals surface area (Å²) in [4.78, 5) is 12.0. The zero-order valence-electron chi connectivity index (χ0n) is 11.3. The molecule has 3 nitrogen and oxygen atoms in total. The van der Waals surface area contributed by atoms with E-state index in [4.69, 9.17) is 4.74 Å². The quantitative estimate of drug-likeness (QED) is 0.875. The van der Waals surface area contributed by atoms with Crippen LogP contribution >= 0.6 is 0 Å². The number of benzene rings is 1. The van der Waals surface area contributed by atoms with Crippen molar-refractivity contribution in [3.63, 3.8) is 0 Å². The fourth-order valence-corrected chi connectivity index (χ4v) is 1.62. The van der Waals surface area contributed by atoms with E-state index in [0.717, 1.165) is 0 Å². The first-order valence-electron chi connectivity index (χ1n) is 6.01. The number of carbonyl (C=O) groups excluding carboxylic acids is 1. The van der Waals surface area contributed by atoms with Crippen LogP contribution in [-0.2, 0) is 4.74 Å². The van der Waals surface area contributed by atoms with E-state index in [2.05, 4.69) is 5.32 Å². The Balaban J connectivity index is 2.77. The van der Waals surface area contributed by atoms with Crippen molar-refractivity contribution in [3.8, 4) is 0 Å². The topological polar surface area (TPSA) is 38.3 Å². The molecule has 1 amide bonds. The lowest BCUT2D eigenvalue weighted by Gasteiger charge is -2.21. The van der Waals surface area contributed by atoms with Gasteiger partial charge in [-0.15, -0.1) is 0 Å². The van der Waals surface area contributed by atoms with E-state index >= 15 is 0 Å². The molecule has 0 saturated heterocycles. The number of ether oxygens (including phenoxy) is 1. The molecule has 1 rings (SSSR count). The van der Waals surface area contributed by atoms with Gasteiger partial charge in [-0.25, -0.2) is 4.39 Å². The van der Waals surface area contributed by atoms with Crippen LogP contribution in [0.3, 0.4) is 0 Å². The van der Waals surface area contributed by atoms with Crippen molar-refractivity contribution in [3.05, 3.63) is 35.1 Å². The second-order valence-corrected chi connectivity index (χ2v) is 4.74. The van der Waals surface area contributed by atoms with Gasteiger partial charge in [0.1, 0.15) is 5.82 Å². The summed E-state index contributed by atoms with van der Waals surface area (Å²) in [6, 6.07) is 4.30. The fraction of sp³-hybridized carbons (Fsp3) is 0.500. The molecule has 1 aromatic rings. The Kier molecular flexibility index (Phi) is 5.28. The molecule has 0 aliphatic heterocycles. The molecule has 0 heterocycles. The molecule has 18 heavy (non-hydrogen) atoms. The van der Waals surface area contributed by atoms with Crippen molar-refractivity contribution < 1.29 is 13.9 Å². The largest absolute Gasteiger partial charge is 0.383 e. The summed E-state index contributed by atoms with van der Waals surface area (Å²) in [6.07, 6.45) is 0. The summed E-state index contributed by atoms with van der Waals surface area (Å²) in [7, 11) is 1.60. The van der Waals surface area contributed by atoms with Gasteiger partial charge < -0.3 is 10.1 Å². The van der Waals surface area contributed by atoms with Crippen molar-refractivity contribution in [2.24, 2.45) is 5.92 Å². The molecule has 0 aliphatic carbocycles. The van der Waals surface area contributed by atoms with E-state index < -0.39 is 0 Å². The summed E-state index contributed by atoms with van der Waals surface area (Å²) in [6.45, 7) is 6.13. The number of nitrogens with one attached hydrogen (secondary N) is 1. The third-order valence-electron chi connectivity index (χ3n) is 2.89. The van der Waals surface area contributed by atoms with Crippen LogP contribution in [0.25, 0.3) is 0 Å². The predicted octanol–water partition coefficient (Wildman–Crippen LogP) is 2.53. The van der Waals surface area contributed by atoms with Gasteiger partial charge in [0, 0.05) is 12.7 Å². The van der Waals surface area contributed by atoms with Crippen LogP contribution < -0.4 is 5.32 Å². The molecule has 0 aromatic heterocycles. The third-order valence-corrected chi connectivity index (χ3v) is 2.89. The van der Waals surface area contributed by atoms with E-state index in [-0.39, 0.29) is 23.7 Å². The number of carbonyl (C=O) groups is 1. The first-order valence-corrected chi connectivity index (χ1v) is 6.01. The lowest BCUT2D eigenvalue weighted by Crippen LogP contribution is -2.41. The molecule has 0 aliphatic rings. The van der Waals surface area contributed by atoms with Gasteiger partial charge in [-0.3, -0.25) is 4.79 Å². The maximum atomic E-state index is 13.1. The minimum atomic E-state index is -0.302. The minimum Gasteiger partial charge on any atom is -0.383 e. The van der Waals surface area contributed by atoms with Gasteiger partial charge in [-0.1, -0.05) is 13.8 Å². The average Bonchev–Trinajstić information content (AvgIpc) is 2.31. The smallest absolute Gasteiger partial charge is 0.251 e. The Labute approximate surface area is 107 Å². The number of methoxy groups -OCH3 is 1. The van der Waals surface area contributed by atoms with E-state index in [0.29, 0.717) is 17.7 Å². The number of halogens is 1. The molecule has 1 aromatic carbocycles. The Bertz CT molecular complexity index is 418. The molecule has 0 radical (unpaired) electrons. The molecule has 0 bridgehead atoms.